The van der Waals surface area contributed by atoms with Gasteiger partial charge in [-0.15, -0.1) is 11.8 Å². The number of rotatable bonds is 3. The molecule has 24 heavy (non-hydrogen) atoms. The molecule has 1 aromatic rings. The lowest BCUT2D eigenvalue weighted by atomic mass is 9.77. The molecule has 2 N–H and O–H groups in total. The highest BCUT2D eigenvalue weighted by atomic mass is 32.2. The van der Waals surface area contributed by atoms with Gasteiger partial charge in [-0.05, 0) is 36.8 Å². The highest BCUT2D eigenvalue weighted by Crippen LogP contribution is 2.45. The number of ketones is 1. The van der Waals surface area contributed by atoms with Gasteiger partial charge in [-0.2, -0.15) is 5.26 Å². The summed E-state index contributed by atoms with van der Waals surface area (Å²) in [5.74, 6) is 0.0241. The van der Waals surface area contributed by atoms with E-state index in [1.165, 1.54) is 24.9 Å². The number of hydrogen-bond donors (Lipinski definition) is 2. The smallest absolute Gasteiger partial charge is 0.161 e. The van der Waals surface area contributed by atoms with Crippen molar-refractivity contribution in [2.45, 2.75) is 25.2 Å². The zero-order chi connectivity index (χ0) is 17.3. The summed E-state index contributed by atoms with van der Waals surface area (Å²) in [5, 5.41) is 23.6. The molecule has 0 aromatic heterocycles. The van der Waals surface area contributed by atoms with E-state index in [9.17, 15) is 15.2 Å². The van der Waals surface area contributed by atoms with Crippen LogP contribution < -0.4 is 10.1 Å². The minimum Gasteiger partial charge on any atom is -0.504 e. The van der Waals surface area contributed by atoms with Gasteiger partial charge in [-0.25, -0.2) is 0 Å². The van der Waals surface area contributed by atoms with E-state index in [-0.39, 0.29) is 11.5 Å². The van der Waals surface area contributed by atoms with Crippen molar-refractivity contribution in [3.63, 3.8) is 0 Å². The van der Waals surface area contributed by atoms with E-state index in [0.29, 0.717) is 23.3 Å². The Balaban J connectivity index is 2.20. The monoisotopic (exact) mass is 342 g/mol. The lowest BCUT2D eigenvalue weighted by molar-refractivity contribution is -0.116. The van der Waals surface area contributed by atoms with Crippen molar-refractivity contribution in [2.24, 2.45) is 0 Å². The van der Waals surface area contributed by atoms with Crippen molar-refractivity contribution in [1.29, 1.82) is 5.26 Å². The maximum absolute atomic E-state index is 12.6. The van der Waals surface area contributed by atoms with Crippen molar-refractivity contribution < 1.29 is 14.6 Å². The van der Waals surface area contributed by atoms with Crippen LogP contribution in [0.1, 0.15) is 30.7 Å². The quantitative estimate of drug-likeness (QED) is 0.878. The number of carbonyl (C=O) groups excluding carboxylic acids is 1. The minimum atomic E-state index is -0.420. The zero-order valence-electron chi connectivity index (χ0n) is 13.5. The van der Waals surface area contributed by atoms with E-state index >= 15 is 0 Å². The number of benzene rings is 1. The van der Waals surface area contributed by atoms with Crippen molar-refractivity contribution in [3.05, 3.63) is 45.6 Å². The number of methoxy groups -OCH3 is 1. The normalized spacial score (nSPS) is 20.4. The van der Waals surface area contributed by atoms with E-state index < -0.39 is 5.92 Å². The molecular weight excluding hydrogens is 324 g/mol. The Bertz CT molecular complexity index is 805. The molecule has 0 unspecified atom stereocenters. The number of aromatic hydroxyl groups is 1. The van der Waals surface area contributed by atoms with Gasteiger partial charge in [0.25, 0.3) is 0 Å². The van der Waals surface area contributed by atoms with E-state index in [2.05, 4.69) is 11.4 Å². The molecule has 0 saturated heterocycles. The number of thioether (sulfide) groups is 1. The number of ether oxygens (including phenoxy) is 1. The van der Waals surface area contributed by atoms with Crippen LogP contribution in [0.25, 0.3) is 0 Å². The molecule has 1 aliphatic heterocycles. The fraction of sp³-hybridized carbons (Fsp3) is 0.333. The second-order valence-corrected chi connectivity index (χ2v) is 6.53. The number of Topliss-reactive ketones (excluding diaryl/α,β-unsaturated/α-hetero) is 1. The molecule has 1 aliphatic carbocycles. The fourth-order valence-corrected chi connectivity index (χ4v) is 3.90. The number of phenolic OH excluding ortho intramolecular Hbond substituents is 1. The summed E-state index contributed by atoms with van der Waals surface area (Å²) in [6.07, 6.45) is 4.03. The van der Waals surface area contributed by atoms with Gasteiger partial charge >= 0.3 is 0 Å². The predicted molar refractivity (Wildman–Crippen MR) is 92.6 cm³/mol. The number of phenols is 1. The third kappa shape index (κ3) is 2.65. The summed E-state index contributed by atoms with van der Waals surface area (Å²) in [7, 11) is 1.48. The van der Waals surface area contributed by atoms with Crippen molar-refractivity contribution in [1.82, 2.24) is 5.32 Å². The Kier molecular flexibility index (Phi) is 4.54. The van der Waals surface area contributed by atoms with Crippen LogP contribution in [0.3, 0.4) is 0 Å². The zero-order valence-corrected chi connectivity index (χ0v) is 14.4. The molecule has 124 valence electrons. The molecule has 3 rings (SSSR count). The number of nitrogens with zero attached hydrogens (tertiary/aromatic N) is 1. The number of allylic oxidation sites excluding steroid dienone is 3. The van der Waals surface area contributed by atoms with Gasteiger partial charge < -0.3 is 15.2 Å². The molecule has 5 nitrogen and oxygen atoms in total. The Morgan fingerprint density at radius 2 is 2.21 bits per heavy atom. The summed E-state index contributed by atoms with van der Waals surface area (Å²) in [4.78, 5) is 12.6. The largest absolute Gasteiger partial charge is 0.504 e. The molecule has 0 spiro atoms. The van der Waals surface area contributed by atoms with Gasteiger partial charge in [-0.1, -0.05) is 6.07 Å². The highest BCUT2D eigenvalue weighted by Gasteiger charge is 2.37. The van der Waals surface area contributed by atoms with E-state index in [1.54, 1.807) is 12.1 Å². The average Bonchev–Trinajstić information content (AvgIpc) is 2.60. The SMILES string of the molecule is COc1cc([C@@H]2C(C#N)=C(SC)NC3=C2C(=O)CCC3)ccc1O. The fourth-order valence-electron chi connectivity index (χ4n) is 3.29. The van der Waals surface area contributed by atoms with Gasteiger partial charge in [0.05, 0.1) is 29.7 Å². The van der Waals surface area contributed by atoms with Crippen LogP contribution in [0.4, 0.5) is 0 Å². The van der Waals surface area contributed by atoms with Crippen molar-refractivity contribution in [3.8, 4) is 17.6 Å². The number of hydrogen-bond acceptors (Lipinski definition) is 6. The first-order chi connectivity index (χ1) is 11.6. The molecule has 0 amide bonds. The topological polar surface area (TPSA) is 82.3 Å². The van der Waals surface area contributed by atoms with Crippen LogP contribution in [0.15, 0.2) is 40.1 Å². The molecule has 0 saturated carbocycles. The van der Waals surface area contributed by atoms with Gasteiger partial charge in [0.1, 0.15) is 0 Å². The molecule has 1 heterocycles. The maximum Gasteiger partial charge on any atom is 0.161 e. The molecule has 0 fully saturated rings. The Morgan fingerprint density at radius 3 is 2.88 bits per heavy atom. The van der Waals surface area contributed by atoms with Crippen LogP contribution in [0.2, 0.25) is 0 Å². The van der Waals surface area contributed by atoms with Gasteiger partial charge in [0, 0.05) is 17.7 Å². The summed E-state index contributed by atoms with van der Waals surface area (Å²) < 4.78 is 5.19. The van der Waals surface area contributed by atoms with E-state index in [0.717, 1.165) is 29.1 Å². The predicted octanol–water partition coefficient (Wildman–Crippen LogP) is 3.19. The second kappa shape index (κ2) is 6.62. The molecule has 0 radical (unpaired) electrons. The summed E-state index contributed by atoms with van der Waals surface area (Å²) in [6.45, 7) is 0. The first-order valence-corrected chi connectivity index (χ1v) is 8.91. The Morgan fingerprint density at radius 1 is 1.42 bits per heavy atom. The standard InChI is InChI=1S/C18H18N2O3S/c1-23-15-8-10(6-7-13(15)21)16-11(9-19)18(24-2)20-12-4-3-5-14(22)17(12)16/h6-8,16,20-21H,3-5H2,1-2H3/t16-/m1/s1. The number of nitriles is 1. The maximum atomic E-state index is 12.6. The third-order valence-corrected chi connectivity index (χ3v) is 5.13. The number of carbonyl (C=O) groups is 1. The second-order valence-electron chi connectivity index (χ2n) is 5.72. The van der Waals surface area contributed by atoms with Gasteiger partial charge in [-0.3, -0.25) is 4.79 Å². The first kappa shape index (κ1) is 16.5. The van der Waals surface area contributed by atoms with Crippen LogP contribution >= 0.6 is 11.8 Å². The summed E-state index contributed by atoms with van der Waals surface area (Å²) in [6, 6.07) is 7.25. The average molecular weight is 342 g/mol. The van der Waals surface area contributed by atoms with Crippen LogP contribution in [-0.2, 0) is 4.79 Å². The first-order valence-electron chi connectivity index (χ1n) is 7.69. The molecule has 1 atom stereocenters. The van der Waals surface area contributed by atoms with Crippen LogP contribution in [0.5, 0.6) is 11.5 Å². The summed E-state index contributed by atoms with van der Waals surface area (Å²) in [5.41, 5.74) is 2.89. The summed E-state index contributed by atoms with van der Waals surface area (Å²) >= 11 is 1.47. The van der Waals surface area contributed by atoms with Crippen molar-refractivity contribution in [2.75, 3.05) is 13.4 Å². The molecule has 2 aliphatic rings. The minimum absolute atomic E-state index is 0.0342. The lowest BCUT2D eigenvalue weighted by Crippen LogP contribution is -2.31. The third-order valence-electron chi connectivity index (χ3n) is 4.40. The van der Waals surface area contributed by atoms with Crippen LogP contribution in [0, 0.1) is 11.3 Å². The Labute approximate surface area is 145 Å². The Hall–Kier alpha value is -2.39. The number of nitrogens with one attached hydrogen (secondary N) is 1. The van der Waals surface area contributed by atoms with Crippen molar-refractivity contribution >= 4 is 17.5 Å². The van der Waals surface area contributed by atoms with E-state index in [4.69, 9.17) is 4.74 Å². The number of dihydropyridines is 1. The molecular formula is C18H18N2O3S. The van der Waals surface area contributed by atoms with E-state index in [1.807, 2.05) is 6.26 Å². The molecule has 0 bridgehead atoms. The van der Waals surface area contributed by atoms with Crippen LogP contribution in [-0.4, -0.2) is 24.3 Å². The van der Waals surface area contributed by atoms with Gasteiger partial charge in [0.15, 0.2) is 17.3 Å². The highest BCUT2D eigenvalue weighted by molar-refractivity contribution is 8.02. The lowest BCUT2D eigenvalue weighted by Gasteiger charge is -2.33. The molecule has 6 heteroatoms. The van der Waals surface area contributed by atoms with Gasteiger partial charge in [0.2, 0.25) is 0 Å². The molecule has 1 aromatic carbocycles.